The second-order valence-electron chi connectivity index (χ2n) is 6.36. The van der Waals surface area contributed by atoms with Gasteiger partial charge in [-0.3, -0.25) is 14.2 Å². The zero-order chi connectivity index (χ0) is 22.0. The van der Waals surface area contributed by atoms with Crippen molar-refractivity contribution in [3.05, 3.63) is 64.0 Å². The lowest BCUT2D eigenvalue weighted by Gasteiger charge is -2.13. The fraction of sp³-hybridized carbons (Fsp3) is 0.143. The van der Waals surface area contributed by atoms with Crippen LogP contribution in [0.3, 0.4) is 0 Å². The van der Waals surface area contributed by atoms with Gasteiger partial charge in [0.1, 0.15) is 5.82 Å². The van der Waals surface area contributed by atoms with E-state index in [0.717, 1.165) is 17.3 Å². The summed E-state index contributed by atoms with van der Waals surface area (Å²) >= 11 is 2.29. The number of aromatic nitrogens is 3. The standard InChI is InChI=1S/C21H16FN3O4S2/c1-2-29-21-24-17(10-31-21)12-3-8-15-16(9-12)23-20(30-11-18(26)27)25(19(15)28)14-6-4-13(22)5-7-14/h3-10H,2,11H2,1H3,(H,26,27). The van der Waals surface area contributed by atoms with Crippen molar-refractivity contribution in [3.63, 3.8) is 0 Å². The van der Waals surface area contributed by atoms with Crippen LogP contribution in [0.4, 0.5) is 4.39 Å². The molecular weight excluding hydrogens is 441 g/mol. The Morgan fingerprint density at radius 3 is 2.71 bits per heavy atom. The van der Waals surface area contributed by atoms with Crippen molar-refractivity contribution in [3.8, 4) is 22.1 Å². The second-order valence-corrected chi connectivity index (χ2v) is 8.12. The summed E-state index contributed by atoms with van der Waals surface area (Å²) in [7, 11) is 0. The van der Waals surface area contributed by atoms with E-state index < -0.39 is 11.8 Å². The first-order valence-corrected chi connectivity index (χ1v) is 11.1. The Balaban J connectivity index is 1.86. The Morgan fingerprint density at radius 1 is 1.23 bits per heavy atom. The number of carboxylic acid groups (broad SMARTS) is 1. The van der Waals surface area contributed by atoms with Gasteiger partial charge in [-0.2, -0.15) is 0 Å². The average Bonchev–Trinajstić information content (AvgIpc) is 3.22. The molecule has 7 nitrogen and oxygen atoms in total. The topological polar surface area (TPSA) is 94.3 Å². The summed E-state index contributed by atoms with van der Waals surface area (Å²) in [5.74, 6) is -1.75. The molecule has 1 N–H and O–H groups in total. The Labute approximate surface area is 184 Å². The molecule has 158 valence electrons. The number of rotatable bonds is 7. The maximum Gasteiger partial charge on any atom is 0.313 e. The van der Waals surface area contributed by atoms with Crippen LogP contribution >= 0.6 is 23.1 Å². The fourth-order valence-corrected chi connectivity index (χ4v) is 4.42. The SMILES string of the molecule is CCOc1nc(-c2ccc3c(=O)n(-c4ccc(F)cc4)c(SCC(=O)O)nc3c2)cs1. The molecule has 0 fully saturated rings. The molecule has 31 heavy (non-hydrogen) atoms. The normalized spacial score (nSPS) is 11.0. The Hall–Kier alpha value is -3.24. The number of carboxylic acids is 1. The minimum Gasteiger partial charge on any atom is -0.481 e. The monoisotopic (exact) mass is 457 g/mol. The molecule has 4 aromatic rings. The first-order chi connectivity index (χ1) is 15.0. The number of thioether (sulfide) groups is 1. The number of hydrogen-bond donors (Lipinski definition) is 1. The minimum atomic E-state index is -1.04. The summed E-state index contributed by atoms with van der Waals surface area (Å²) in [5.41, 5.74) is 1.90. The number of carbonyl (C=O) groups is 1. The Bertz CT molecular complexity index is 1320. The fourth-order valence-electron chi connectivity index (χ4n) is 2.95. The van der Waals surface area contributed by atoms with E-state index in [1.807, 2.05) is 12.3 Å². The molecule has 0 aliphatic heterocycles. The van der Waals surface area contributed by atoms with Gasteiger partial charge in [-0.15, -0.1) is 0 Å². The van der Waals surface area contributed by atoms with E-state index in [0.29, 0.717) is 34.1 Å². The third-order valence-corrected chi connectivity index (χ3v) is 5.97. The van der Waals surface area contributed by atoms with E-state index >= 15 is 0 Å². The lowest BCUT2D eigenvalue weighted by atomic mass is 10.1. The zero-order valence-electron chi connectivity index (χ0n) is 16.2. The van der Waals surface area contributed by atoms with Crippen molar-refractivity contribution in [1.82, 2.24) is 14.5 Å². The van der Waals surface area contributed by atoms with Crippen LogP contribution in [0.1, 0.15) is 6.92 Å². The highest BCUT2D eigenvalue weighted by Crippen LogP contribution is 2.29. The third kappa shape index (κ3) is 4.44. The Kier molecular flexibility index (Phi) is 6.01. The quantitative estimate of drug-likeness (QED) is 0.328. The summed E-state index contributed by atoms with van der Waals surface area (Å²) in [6.45, 7) is 2.39. The van der Waals surface area contributed by atoms with E-state index in [-0.39, 0.29) is 16.5 Å². The van der Waals surface area contributed by atoms with Gasteiger partial charge >= 0.3 is 5.97 Å². The number of aliphatic carboxylic acids is 1. The van der Waals surface area contributed by atoms with Gasteiger partial charge in [0, 0.05) is 10.9 Å². The van der Waals surface area contributed by atoms with Gasteiger partial charge in [-0.1, -0.05) is 29.2 Å². The molecule has 10 heteroatoms. The maximum absolute atomic E-state index is 13.4. The molecule has 0 atom stereocenters. The van der Waals surface area contributed by atoms with Crippen molar-refractivity contribution in [2.24, 2.45) is 0 Å². The van der Waals surface area contributed by atoms with Gasteiger partial charge in [0.2, 0.25) is 0 Å². The van der Waals surface area contributed by atoms with Crippen molar-refractivity contribution < 1.29 is 19.0 Å². The predicted octanol–water partition coefficient (Wildman–Crippen LogP) is 4.22. The van der Waals surface area contributed by atoms with Crippen LogP contribution in [0.15, 0.2) is 57.8 Å². The number of nitrogens with zero attached hydrogens (tertiary/aromatic N) is 3. The van der Waals surface area contributed by atoms with Crippen LogP contribution in [0, 0.1) is 5.82 Å². The average molecular weight is 458 g/mol. The summed E-state index contributed by atoms with van der Waals surface area (Å²) < 4.78 is 20.1. The van der Waals surface area contributed by atoms with E-state index in [2.05, 4.69) is 9.97 Å². The van der Waals surface area contributed by atoms with Crippen LogP contribution < -0.4 is 10.3 Å². The van der Waals surface area contributed by atoms with Gasteiger partial charge in [0.15, 0.2) is 5.16 Å². The molecule has 4 rings (SSSR count). The van der Waals surface area contributed by atoms with E-state index in [1.165, 1.54) is 40.2 Å². The first kappa shape index (κ1) is 21.0. The number of thiazole rings is 1. The predicted molar refractivity (Wildman–Crippen MR) is 118 cm³/mol. The van der Waals surface area contributed by atoms with Crippen LogP contribution in [0.2, 0.25) is 0 Å². The maximum atomic E-state index is 13.4. The molecule has 0 saturated carbocycles. The van der Waals surface area contributed by atoms with Crippen molar-refractivity contribution in [2.75, 3.05) is 12.4 Å². The van der Waals surface area contributed by atoms with Gasteiger partial charge in [0.25, 0.3) is 10.8 Å². The van der Waals surface area contributed by atoms with E-state index in [1.54, 1.807) is 18.2 Å². The highest BCUT2D eigenvalue weighted by molar-refractivity contribution is 7.99. The molecule has 2 aromatic carbocycles. The minimum absolute atomic E-state index is 0.206. The van der Waals surface area contributed by atoms with Crippen LogP contribution in [-0.2, 0) is 4.79 Å². The lowest BCUT2D eigenvalue weighted by Crippen LogP contribution is -2.22. The second kappa shape index (κ2) is 8.86. The summed E-state index contributed by atoms with van der Waals surface area (Å²) in [5, 5.41) is 12.1. The molecule has 0 spiro atoms. The summed E-state index contributed by atoms with van der Waals surface area (Å²) in [6, 6.07) is 10.5. The van der Waals surface area contributed by atoms with Crippen molar-refractivity contribution in [1.29, 1.82) is 0 Å². The summed E-state index contributed by atoms with van der Waals surface area (Å²) in [6.07, 6.45) is 0. The van der Waals surface area contributed by atoms with Crippen molar-refractivity contribution >= 4 is 40.0 Å². The number of ether oxygens (including phenoxy) is 1. The third-order valence-electron chi connectivity index (χ3n) is 4.29. The van der Waals surface area contributed by atoms with Crippen LogP contribution in [0.5, 0.6) is 5.19 Å². The number of benzene rings is 2. The molecule has 2 aromatic heterocycles. The lowest BCUT2D eigenvalue weighted by molar-refractivity contribution is -0.133. The smallest absolute Gasteiger partial charge is 0.313 e. The molecule has 0 amide bonds. The molecule has 0 aliphatic carbocycles. The van der Waals surface area contributed by atoms with Gasteiger partial charge in [-0.25, -0.2) is 14.4 Å². The molecule has 0 aliphatic rings. The molecule has 2 heterocycles. The van der Waals surface area contributed by atoms with Crippen LogP contribution in [0.25, 0.3) is 27.8 Å². The molecule has 0 saturated heterocycles. The molecule has 0 unspecified atom stereocenters. The number of fused-ring (bicyclic) bond motifs is 1. The highest BCUT2D eigenvalue weighted by Gasteiger charge is 2.16. The Morgan fingerprint density at radius 2 is 2.00 bits per heavy atom. The number of halogens is 1. The van der Waals surface area contributed by atoms with Crippen LogP contribution in [-0.4, -0.2) is 38.0 Å². The molecule has 0 bridgehead atoms. The number of hydrogen-bond acceptors (Lipinski definition) is 7. The van der Waals surface area contributed by atoms with E-state index in [9.17, 15) is 14.0 Å². The summed E-state index contributed by atoms with van der Waals surface area (Å²) in [4.78, 5) is 33.3. The van der Waals surface area contributed by atoms with Gasteiger partial charge in [0.05, 0.1) is 34.6 Å². The highest BCUT2D eigenvalue weighted by atomic mass is 32.2. The van der Waals surface area contributed by atoms with E-state index in [4.69, 9.17) is 9.84 Å². The van der Waals surface area contributed by atoms with Gasteiger partial charge < -0.3 is 9.84 Å². The van der Waals surface area contributed by atoms with Crippen molar-refractivity contribution in [2.45, 2.75) is 12.1 Å². The molecular formula is C21H16FN3O4S2. The first-order valence-electron chi connectivity index (χ1n) is 9.22. The molecule has 0 radical (unpaired) electrons. The largest absolute Gasteiger partial charge is 0.481 e. The van der Waals surface area contributed by atoms with Gasteiger partial charge in [-0.05, 0) is 43.3 Å². The zero-order valence-corrected chi connectivity index (χ0v) is 17.9.